The lowest BCUT2D eigenvalue weighted by molar-refractivity contribution is -0.147. The molecule has 37 heavy (non-hydrogen) atoms. The molecule has 1 unspecified atom stereocenters. The highest BCUT2D eigenvalue weighted by Gasteiger charge is 2.60. The normalized spacial score (nSPS) is 25.8. The number of aliphatic hydroxyl groups excluding tert-OH is 2. The van der Waals surface area contributed by atoms with Gasteiger partial charge in [-0.3, -0.25) is 19.3 Å². The molecule has 10 heteroatoms. The van der Waals surface area contributed by atoms with Crippen molar-refractivity contribution in [2.45, 2.75) is 71.1 Å². The Bertz CT molecular complexity index is 1280. The number of phenolic OH excluding ortho intramolecular Hbond substituents is 1. The summed E-state index contributed by atoms with van der Waals surface area (Å²) < 4.78 is 0. The molecule has 0 radical (unpaired) electrons. The summed E-state index contributed by atoms with van der Waals surface area (Å²) in [6, 6.07) is 1.47. The van der Waals surface area contributed by atoms with Crippen molar-refractivity contribution >= 4 is 34.8 Å². The third kappa shape index (κ3) is 3.95. The van der Waals surface area contributed by atoms with E-state index in [2.05, 4.69) is 25.7 Å². The van der Waals surface area contributed by atoms with Gasteiger partial charge in [-0.25, -0.2) is 0 Å². The molecule has 0 aromatic heterocycles. The van der Waals surface area contributed by atoms with Crippen molar-refractivity contribution in [1.29, 1.82) is 0 Å². The molecule has 3 atom stereocenters. The highest BCUT2D eigenvalue weighted by molar-refractivity contribution is 6.32. The van der Waals surface area contributed by atoms with Gasteiger partial charge >= 0.3 is 0 Å². The molecular formula is C27H33ClN2O7. The molecule has 1 amide bonds. The number of Topliss-reactive ketones (excluding diaryl/α,β-unsaturated/α-hetero) is 2. The van der Waals surface area contributed by atoms with Gasteiger partial charge in [0.2, 0.25) is 5.78 Å². The average Bonchev–Trinajstić information content (AvgIpc) is 2.82. The van der Waals surface area contributed by atoms with Gasteiger partial charge in [0, 0.05) is 35.0 Å². The molecule has 1 aromatic carbocycles. The van der Waals surface area contributed by atoms with E-state index in [1.807, 2.05) is 6.92 Å². The maximum atomic E-state index is 13.6. The molecule has 0 saturated heterocycles. The van der Waals surface area contributed by atoms with E-state index in [0.717, 1.165) is 13.0 Å². The van der Waals surface area contributed by atoms with Crippen molar-refractivity contribution in [3.63, 3.8) is 0 Å². The predicted octanol–water partition coefficient (Wildman–Crippen LogP) is 3.09. The van der Waals surface area contributed by atoms with E-state index in [9.17, 15) is 34.8 Å². The van der Waals surface area contributed by atoms with Crippen LogP contribution in [0.25, 0.3) is 5.76 Å². The van der Waals surface area contributed by atoms with E-state index in [1.165, 1.54) is 6.07 Å². The van der Waals surface area contributed by atoms with Gasteiger partial charge in [-0.2, -0.15) is 0 Å². The number of nitrogens with two attached hydrogens (primary N) is 1. The minimum Gasteiger partial charge on any atom is -0.508 e. The first kappa shape index (κ1) is 27.2. The fraction of sp³-hybridized carbons (Fsp3) is 0.519. The average molecular weight is 533 g/mol. The lowest BCUT2D eigenvalue weighted by Crippen LogP contribution is -2.58. The van der Waals surface area contributed by atoms with Crippen LogP contribution < -0.4 is 5.73 Å². The van der Waals surface area contributed by atoms with Crippen molar-refractivity contribution in [2.75, 3.05) is 6.54 Å². The van der Waals surface area contributed by atoms with Crippen LogP contribution in [0.5, 0.6) is 5.75 Å². The Labute approximate surface area is 220 Å². The van der Waals surface area contributed by atoms with Crippen LogP contribution >= 0.6 is 11.6 Å². The molecule has 1 fully saturated rings. The Morgan fingerprint density at radius 1 is 1.22 bits per heavy atom. The first-order valence-electron chi connectivity index (χ1n) is 12.5. The van der Waals surface area contributed by atoms with Gasteiger partial charge in [-0.05, 0) is 62.8 Å². The van der Waals surface area contributed by atoms with Crippen molar-refractivity contribution in [3.8, 4) is 5.75 Å². The minimum absolute atomic E-state index is 0.00122. The molecule has 0 bridgehead atoms. The summed E-state index contributed by atoms with van der Waals surface area (Å²) in [6.07, 6.45) is 0.777. The van der Waals surface area contributed by atoms with Crippen LogP contribution in [0.1, 0.15) is 63.6 Å². The van der Waals surface area contributed by atoms with Crippen LogP contribution in [0.4, 0.5) is 0 Å². The van der Waals surface area contributed by atoms with Crippen molar-refractivity contribution in [1.82, 2.24) is 4.90 Å². The van der Waals surface area contributed by atoms with Crippen LogP contribution in [0.2, 0.25) is 5.02 Å². The number of nitrogens with zero attached hydrogens (tertiary/aromatic N) is 1. The van der Waals surface area contributed by atoms with Gasteiger partial charge in [0.15, 0.2) is 11.4 Å². The number of aromatic hydroxyl groups is 1. The van der Waals surface area contributed by atoms with E-state index >= 15 is 0 Å². The summed E-state index contributed by atoms with van der Waals surface area (Å²) >= 11 is 6.83. The van der Waals surface area contributed by atoms with Crippen molar-refractivity contribution in [2.24, 2.45) is 17.6 Å². The van der Waals surface area contributed by atoms with Gasteiger partial charge in [-0.15, -0.1) is 0 Å². The maximum Gasteiger partial charge on any atom is 0.255 e. The molecule has 0 spiro atoms. The Morgan fingerprint density at radius 3 is 2.43 bits per heavy atom. The zero-order chi connectivity index (χ0) is 27.6. The molecule has 4 rings (SSSR count). The number of rotatable bonds is 6. The summed E-state index contributed by atoms with van der Waals surface area (Å²) in [7, 11) is 0. The largest absolute Gasteiger partial charge is 0.508 e. The summed E-state index contributed by atoms with van der Waals surface area (Å²) in [5.74, 6) is -6.56. The first-order valence-corrected chi connectivity index (χ1v) is 12.8. The summed E-state index contributed by atoms with van der Waals surface area (Å²) in [5, 5.41) is 44.5. The summed E-state index contributed by atoms with van der Waals surface area (Å²) in [4.78, 5) is 40.0. The second-order valence-corrected chi connectivity index (χ2v) is 11.2. The highest BCUT2D eigenvalue weighted by Crippen LogP contribution is 2.53. The molecule has 3 aliphatic carbocycles. The van der Waals surface area contributed by atoms with E-state index in [4.69, 9.17) is 17.3 Å². The SMILES string of the molecule is CCN(Cc1cc(O)c2c(c1Cl)CC1C[C@H]3CC(=O)C(C(N)=O)=C(O)[C@@]3(O)C(=O)C1=C2O)C(C)(C)CC. The fourth-order valence-electron chi connectivity index (χ4n) is 6.02. The highest BCUT2D eigenvalue weighted by atomic mass is 35.5. The molecule has 0 aliphatic heterocycles. The maximum absolute atomic E-state index is 13.6. The first-order chi connectivity index (χ1) is 17.2. The summed E-state index contributed by atoms with van der Waals surface area (Å²) in [6.45, 7) is 9.59. The number of fused-ring (bicyclic) bond motifs is 3. The number of hydrogen-bond donors (Lipinski definition) is 5. The molecule has 1 saturated carbocycles. The number of aliphatic hydroxyl groups is 3. The number of phenols is 1. The number of benzene rings is 1. The van der Waals surface area contributed by atoms with Gasteiger partial charge in [0.1, 0.15) is 22.8 Å². The van der Waals surface area contributed by atoms with Gasteiger partial charge in [-0.1, -0.05) is 25.4 Å². The van der Waals surface area contributed by atoms with E-state index in [-0.39, 0.29) is 41.7 Å². The number of carbonyl (C=O) groups excluding carboxylic acids is 3. The Balaban J connectivity index is 1.83. The topological polar surface area (TPSA) is 161 Å². The second-order valence-electron chi connectivity index (χ2n) is 10.8. The lowest BCUT2D eigenvalue weighted by atomic mass is 9.59. The smallest absolute Gasteiger partial charge is 0.255 e. The van der Waals surface area contributed by atoms with Crippen LogP contribution in [0.3, 0.4) is 0 Å². The van der Waals surface area contributed by atoms with Crippen LogP contribution in [0.15, 0.2) is 23.0 Å². The zero-order valence-electron chi connectivity index (χ0n) is 21.4. The zero-order valence-corrected chi connectivity index (χ0v) is 22.1. The molecule has 3 aliphatic rings. The van der Waals surface area contributed by atoms with Gasteiger partial charge in [0.25, 0.3) is 5.91 Å². The number of halogens is 1. The van der Waals surface area contributed by atoms with Crippen molar-refractivity contribution < 1.29 is 34.8 Å². The molecular weight excluding hydrogens is 500 g/mol. The number of ketones is 2. The number of carbonyl (C=O) groups is 3. The van der Waals surface area contributed by atoms with Crippen molar-refractivity contribution in [3.05, 3.63) is 44.7 Å². The molecule has 9 nitrogen and oxygen atoms in total. The fourth-order valence-corrected chi connectivity index (χ4v) is 6.31. The van der Waals surface area contributed by atoms with E-state index in [0.29, 0.717) is 22.7 Å². The van der Waals surface area contributed by atoms with Gasteiger partial charge in [0.05, 0.1) is 5.56 Å². The molecule has 200 valence electrons. The lowest BCUT2D eigenvalue weighted by Gasteiger charge is -2.46. The molecule has 0 heterocycles. The monoisotopic (exact) mass is 532 g/mol. The quantitative estimate of drug-likeness (QED) is 0.349. The number of amides is 1. The summed E-state index contributed by atoms with van der Waals surface area (Å²) in [5.41, 5.74) is 2.67. The molecule has 6 N–H and O–H groups in total. The third-order valence-corrected chi connectivity index (χ3v) is 9.01. The predicted molar refractivity (Wildman–Crippen MR) is 137 cm³/mol. The van der Waals surface area contributed by atoms with Gasteiger partial charge < -0.3 is 26.2 Å². The number of hydrogen-bond acceptors (Lipinski definition) is 8. The number of primary amides is 1. The van der Waals surface area contributed by atoms with Crippen LogP contribution in [-0.2, 0) is 27.3 Å². The minimum atomic E-state index is -2.58. The molecule has 1 aromatic rings. The Hall–Kier alpha value is -2.88. The Kier molecular flexibility index (Phi) is 6.72. The van der Waals surface area contributed by atoms with Crippen LogP contribution in [-0.4, -0.2) is 60.5 Å². The van der Waals surface area contributed by atoms with E-state index < -0.39 is 52.0 Å². The van der Waals surface area contributed by atoms with E-state index in [1.54, 1.807) is 0 Å². The van der Waals surface area contributed by atoms with Crippen LogP contribution in [0, 0.1) is 11.8 Å². The second kappa shape index (κ2) is 9.15. The Morgan fingerprint density at radius 2 is 1.86 bits per heavy atom. The standard InChI is InChI=1S/C27H33ClN2O7/c1-5-26(3,4)30(6-2)11-13-9-16(31)19-15(21(13)28)8-12-7-14-10-17(32)20(25(29)36)24(35)27(14,37)23(34)18(12)22(19)33/h9,12,14,31,33,35,37H,5-8,10-11H2,1-4H3,(H2,29,36)/t12?,14-,27-/m0/s1. The third-order valence-electron chi connectivity index (χ3n) is 8.54.